The first-order chi connectivity index (χ1) is 9.02. The van der Waals surface area contributed by atoms with Crippen molar-refractivity contribution in [1.29, 1.82) is 0 Å². The predicted octanol–water partition coefficient (Wildman–Crippen LogP) is -0.119. The second-order valence-corrected chi connectivity index (χ2v) is 6.34. The van der Waals surface area contributed by atoms with Gasteiger partial charge in [0.2, 0.25) is 0 Å². The molecule has 3 N–H and O–H groups in total. The summed E-state index contributed by atoms with van der Waals surface area (Å²) in [5.41, 5.74) is 4.87. The molecule has 5 heteroatoms. The summed E-state index contributed by atoms with van der Waals surface area (Å²) >= 11 is 0. The van der Waals surface area contributed by atoms with E-state index < -0.39 is 5.60 Å². The summed E-state index contributed by atoms with van der Waals surface area (Å²) < 4.78 is 5.41. The predicted molar refractivity (Wildman–Crippen MR) is 76.1 cm³/mol. The fourth-order valence-corrected chi connectivity index (χ4v) is 3.26. The molecule has 2 fully saturated rings. The molecule has 0 bridgehead atoms. The summed E-state index contributed by atoms with van der Waals surface area (Å²) in [4.78, 5) is 5.04. The largest absolute Gasteiger partial charge is 0.389 e. The molecule has 0 aliphatic carbocycles. The van der Waals surface area contributed by atoms with Gasteiger partial charge in [-0.15, -0.1) is 0 Å². The zero-order valence-electron chi connectivity index (χ0n) is 12.3. The summed E-state index contributed by atoms with van der Waals surface area (Å²) in [6.07, 6.45) is 1.98. The molecule has 2 saturated heterocycles. The Morgan fingerprint density at radius 3 is 2.68 bits per heavy atom. The van der Waals surface area contributed by atoms with E-state index in [1.165, 1.54) is 6.42 Å². The monoisotopic (exact) mass is 271 g/mol. The van der Waals surface area contributed by atoms with Gasteiger partial charge < -0.3 is 15.6 Å². The van der Waals surface area contributed by atoms with E-state index >= 15 is 0 Å². The van der Waals surface area contributed by atoms with Crippen molar-refractivity contribution < 1.29 is 9.84 Å². The second kappa shape index (κ2) is 6.50. The van der Waals surface area contributed by atoms with E-state index in [-0.39, 0.29) is 0 Å². The van der Waals surface area contributed by atoms with Crippen LogP contribution in [0, 0.1) is 0 Å². The van der Waals surface area contributed by atoms with Crippen LogP contribution < -0.4 is 5.73 Å². The molecule has 112 valence electrons. The van der Waals surface area contributed by atoms with E-state index in [0.29, 0.717) is 18.6 Å². The molecule has 19 heavy (non-hydrogen) atoms. The molecule has 0 spiro atoms. The zero-order valence-corrected chi connectivity index (χ0v) is 12.3. The first-order valence-corrected chi connectivity index (χ1v) is 7.50. The van der Waals surface area contributed by atoms with E-state index in [1.807, 2.05) is 6.92 Å². The van der Waals surface area contributed by atoms with Crippen molar-refractivity contribution in [3.63, 3.8) is 0 Å². The van der Waals surface area contributed by atoms with Crippen LogP contribution in [0.1, 0.15) is 26.7 Å². The van der Waals surface area contributed by atoms with Crippen LogP contribution in [0.5, 0.6) is 0 Å². The van der Waals surface area contributed by atoms with Gasteiger partial charge in [-0.05, 0) is 26.7 Å². The van der Waals surface area contributed by atoms with E-state index in [0.717, 1.165) is 45.8 Å². The Morgan fingerprint density at radius 1 is 1.37 bits per heavy atom. The Morgan fingerprint density at radius 2 is 2.05 bits per heavy atom. The molecule has 2 heterocycles. The third-order valence-corrected chi connectivity index (χ3v) is 4.56. The maximum Gasteiger partial charge on any atom is 0.0756 e. The van der Waals surface area contributed by atoms with Gasteiger partial charge in [0.25, 0.3) is 0 Å². The number of rotatable bonds is 5. The Kier molecular flexibility index (Phi) is 5.20. The van der Waals surface area contributed by atoms with Crippen LogP contribution >= 0.6 is 0 Å². The summed E-state index contributed by atoms with van der Waals surface area (Å²) in [5, 5.41) is 10.1. The van der Waals surface area contributed by atoms with Crippen LogP contribution in [-0.4, -0.2) is 78.5 Å². The molecule has 3 unspecified atom stereocenters. The summed E-state index contributed by atoms with van der Waals surface area (Å²) in [5.74, 6) is 0. The van der Waals surface area contributed by atoms with Crippen molar-refractivity contribution in [1.82, 2.24) is 9.80 Å². The molecule has 3 atom stereocenters. The molecule has 2 aliphatic rings. The van der Waals surface area contributed by atoms with Crippen LogP contribution in [0.2, 0.25) is 0 Å². The van der Waals surface area contributed by atoms with Crippen LogP contribution in [-0.2, 0) is 4.74 Å². The van der Waals surface area contributed by atoms with Crippen molar-refractivity contribution in [2.24, 2.45) is 5.73 Å². The summed E-state index contributed by atoms with van der Waals surface area (Å²) in [6.45, 7) is 10.5. The molecular formula is C14H29N3O2. The SMILES string of the molecule is CC(CC(C)(O)CN)N1CCC(N2CCOCC2)C1. The minimum atomic E-state index is -0.740. The van der Waals surface area contributed by atoms with Gasteiger partial charge in [0.1, 0.15) is 0 Å². The minimum absolute atomic E-state index is 0.331. The highest BCUT2D eigenvalue weighted by Gasteiger charge is 2.33. The van der Waals surface area contributed by atoms with Crippen molar-refractivity contribution in [3.8, 4) is 0 Å². The number of nitrogens with zero attached hydrogens (tertiary/aromatic N) is 2. The molecule has 0 aromatic carbocycles. The molecule has 0 aromatic heterocycles. The highest BCUT2D eigenvalue weighted by Crippen LogP contribution is 2.22. The van der Waals surface area contributed by atoms with Crippen LogP contribution in [0.4, 0.5) is 0 Å². The zero-order chi connectivity index (χ0) is 13.9. The Hall–Kier alpha value is -0.200. The Balaban J connectivity index is 1.80. The molecule has 2 rings (SSSR count). The van der Waals surface area contributed by atoms with Gasteiger partial charge in [0, 0.05) is 44.8 Å². The fraction of sp³-hybridized carbons (Fsp3) is 1.00. The maximum absolute atomic E-state index is 10.1. The van der Waals surface area contributed by atoms with Gasteiger partial charge in [0.15, 0.2) is 0 Å². The molecule has 0 aromatic rings. The molecule has 0 saturated carbocycles. The molecule has 5 nitrogen and oxygen atoms in total. The number of likely N-dealkylation sites (tertiary alicyclic amines) is 1. The molecule has 0 amide bonds. The normalized spacial score (nSPS) is 31.3. The number of hydrogen-bond donors (Lipinski definition) is 2. The number of morpholine rings is 1. The lowest BCUT2D eigenvalue weighted by Crippen LogP contribution is -2.46. The summed E-state index contributed by atoms with van der Waals surface area (Å²) in [6, 6.07) is 1.05. The minimum Gasteiger partial charge on any atom is -0.389 e. The maximum atomic E-state index is 10.1. The van der Waals surface area contributed by atoms with Crippen LogP contribution in [0.25, 0.3) is 0 Å². The third-order valence-electron chi connectivity index (χ3n) is 4.56. The third kappa shape index (κ3) is 4.13. The quantitative estimate of drug-likeness (QED) is 0.730. The van der Waals surface area contributed by atoms with Crippen molar-refractivity contribution in [2.75, 3.05) is 45.9 Å². The number of nitrogens with two attached hydrogens (primary N) is 1. The number of hydrogen-bond acceptors (Lipinski definition) is 5. The van der Waals surface area contributed by atoms with Gasteiger partial charge in [-0.3, -0.25) is 9.80 Å². The lowest BCUT2D eigenvalue weighted by molar-refractivity contribution is 0.0132. The van der Waals surface area contributed by atoms with Crippen molar-refractivity contribution in [2.45, 2.75) is 44.4 Å². The number of ether oxygens (including phenoxy) is 1. The summed E-state index contributed by atoms with van der Waals surface area (Å²) in [7, 11) is 0. The lowest BCUT2D eigenvalue weighted by Gasteiger charge is -2.34. The van der Waals surface area contributed by atoms with E-state index in [1.54, 1.807) is 0 Å². The van der Waals surface area contributed by atoms with Gasteiger partial charge in [-0.2, -0.15) is 0 Å². The van der Waals surface area contributed by atoms with E-state index in [4.69, 9.17) is 10.5 Å². The lowest BCUT2D eigenvalue weighted by atomic mass is 9.97. The van der Waals surface area contributed by atoms with Gasteiger partial charge in [-0.1, -0.05) is 0 Å². The molecular weight excluding hydrogens is 242 g/mol. The van der Waals surface area contributed by atoms with Crippen LogP contribution in [0.3, 0.4) is 0 Å². The van der Waals surface area contributed by atoms with Gasteiger partial charge in [-0.25, -0.2) is 0 Å². The van der Waals surface area contributed by atoms with E-state index in [2.05, 4.69) is 16.7 Å². The van der Waals surface area contributed by atoms with Gasteiger partial charge >= 0.3 is 0 Å². The smallest absolute Gasteiger partial charge is 0.0756 e. The highest BCUT2D eigenvalue weighted by molar-refractivity contribution is 4.89. The first kappa shape index (κ1) is 15.2. The molecule has 2 aliphatic heterocycles. The second-order valence-electron chi connectivity index (χ2n) is 6.34. The fourth-order valence-electron chi connectivity index (χ4n) is 3.26. The average Bonchev–Trinajstić information content (AvgIpc) is 2.89. The van der Waals surface area contributed by atoms with Crippen LogP contribution in [0.15, 0.2) is 0 Å². The number of aliphatic hydroxyl groups is 1. The van der Waals surface area contributed by atoms with Crippen molar-refractivity contribution >= 4 is 0 Å². The Bertz CT molecular complexity index is 280. The van der Waals surface area contributed by atoms with Gasteiger partial charge in [0.05, 0.1) is 18.8 Å². The van der Waals surface area contributed by atoms with E-state index in [9.17, 15) is 5.11 Å². The topological polar surface area (TPSA) is 62.0 Å². The van der Waals surface area contributed by atoms with Crippen molar-refractivity contribution in [3.05, 3.63) is 0 Å². The standard InChI is InChI=1S/C14H29N3O2/c1-12(9-14(2,18)11-15)17-4-3-13(10-17)16-5-7-19-8-6-16/h12-13,18H,3-11,15H2,1-2H3. The highest BCUT2D eigenvalue weighted by atomic mass is 16.5. The average molecular weight is 271 g/mol. The molecule has 0 radical (unpaired) electrons. The Labute approximate surface area is 116 Å². The first-order valence-electron chi connectivity index (χ1n) is 7.50.